The summed E-state index contributed by atoms with van der Waals surface area (Å²) in [6.07, 6.45) is 0.519. The molecule has 0 aliphatic heterocycles. The highest BCUT2D eigenvalue weighted by Gasteiger charge is 2.27. The summed E-state index contributed by atoms with van der Waals surface area (Å²) in [5, 5.41) is 2.93. The van der Waals surface area contributed by atoms with Gasteiger partial charge in [-0.15, -0.1) is 0 Å². The standard InChI is InChI=1S/C14H21N2O3/c1-16(2,10-8-15-9-11-17)14(18)19-12-13-6-4-3-5-7-13/h3-7,11,15H,8-10,12H2,1-2H3/q+1. The summed E-state index contributed by atoms with van der Waals surface area (Å²) in [6.45, 7) is 1.75. The van der Waals surface area contributed by atoms with Gasteiger partial charge in [-0.05, 0) is 5.56 Å². The molecule has 0 saturated carbocycles. The van der Waals surface area contributed by atoms with Crippen molar-refractivity contribution in [1.82, 2.24) is 5.32 Å². The van der Waals surface area contributed by atoms with Crippen LogP contribution >= 0.6 is 0 Å². The van der Waals surface area contributed by atoms with Crippen LogP contribution in [0, 0.1) is 0 Å². The first kappa shape index (κ1) is 15.3. The summed E-state index contributed by atoms with van der Waals surface area (Å²) in [6, 6.07) is 9.57. The minimum atomic E-state index is -0.281. The van der Waals surface area contributed by atoms with Gasteiger partial charge in [0.15, 0.2) is 0 Å². The van der Waals surface area contributed by atoms with Gasteiger partial charge in [0.1, 0.15) is 19.4 Å². The fraction of sp³-hybridized carbons (Fsp3) is 0.429. The number of carbonyl (C=O) groups is 2. The Morgan fingerprint density at radius 1 is 1.32 bits per heavy atom. The second-order valence-electron chi connectivity index (χ2n) is 4.82. The number of carbonyl (C=O) groups excluding carboxylic acids is 2. The quantitative estimate of drug-likeness (QED) is 0.457. The third-order valence-electron chi connectivity index (χ3n) is 2.77. The van der Waals surface area contributed by atoms with Gasteiger partial charge in [-0.3, -0.25) is 0 Å². The topological polar surface area (TPSA) is 55.4 Å². The molecule has 1 rings (SSSR count). The smallest absolute Gasteiger partial charge is 0.415 e. The molecule has 0 saturated heterocycles. The second kappa shape index (κ2) is 7.66. The molecule has 0 spiro atoms. The van der Waals surface area contributed by atoms with Crippen LogP contribution in [-0.4, -0.2) is 50.6 Å². The van der Waals surface area contributed by atoms with E-state index in [4.69, 9.17) is 4.74 Å². The molecular weight excluding hydrogens is 244 g/mol. The van der Waals surface area contributed by atoms with E-state index in [-0.39, 0.29) is 17.2 Å². The largest absolute Gasteiger partial charge is 0.515 e. The lowest BCUT2D eigenvalue weighted by Crippen LogP contribution is -2.49. The number of nitrogens with one attached hydrogen (secondary N) is 1. The number of likely N-dealkylation sites (N-methyl/N-ethyl adjacent to an activating group) is 1. The van der Waals surface area contributed by atoms with Crippen molar-refractivity contribution in [1.29, 1.82) is 0 Å². The van der Waals surface area contributed by atoms with Crippen LogP contribution in [0.4, 0.5) is 4.79 Å². The van der Waals surface area contributed by atoms with E-state index in [9.17, 15) is 9.59 Å². The van der Waals surface area contributed by atoms with Crippen molar-refractivity contribution in [3.05, 3.63) is 35.9 Å². The number of ether oxygens (including phenoxy) is 1. The molecule has 0 unspecified atom stereocenters. The lowest BCUT2D eigenvalue weighted by Gasteiger charge is -2.25. The normalized spacial score (nSPS) is 11.1. The molecule has 1 amide bonds. The number of hydrogen-bond acceptors (Lipinski definition) is 4. The lowest BCUT2D eigenvalue weighted by molar-refractivity contribution is -0.816. The van der Waals surface area contributed by atoms with Gasteiger partial charge in [0, 0.05) is 6.54 Å². The van der Waals surface area contributed by atoms with Crippen LogP contribution in [0.3, 0.4) is 0 Å². The highest BCUT2D eigenvalue weighted by atomic mass is 16.6. The van der Waals surface area contributed by atoms with Gasteiger partial charge in [-0.2, -0.15) is 4.79 Å². The Bertz CT molecular complexity index is 404. The average molecular weight is 265 g/mol. The van der Waals surface area contributed by atoms with E-state index in [2.05, 4.69) is 5.32 Å². The van der Waals surface area contributed by atoms with Gasteiger partial charge in [-0.1, -0.05) is 30.3 Å². The molecule has 1 aromatic rings. The minimum absolute atomic E-state index is 0.124. The van der Waals surface area contributed by atoms with E-state index >= 15 is 0 Å². The lowest BCUT2D eigenvalue weighted by atomic mass is 10.2. The third-order valence-corrected chi connectivity index (χ3v) is 2.77. The van der Waals surface area contributed by atoms with Gasteiger partial charge in [0.25, 0.3) is 0 Å². The first-order valence-electron chi connectivity index (χ1n) is 6.25. The molecule has 1 aromatic carbocycles. The Morgan fingerprint density at radius 2 is 2.00 bits per heavy atom. The molecule has 0 heterocycles. The summed E-state index contributed by atoms with van der Waals surface area (Å²) < 4.78 is 5.41. The second-order valence-corrected chi connectivity index (χ2v) is 4.82. The fourth-order valence-electron chi connectivity index (χ4n) is 1.50. The average Bonchev–Trinajstić information content (AvgIpc) is 2.42. The van der Waals surface area contributed by atoms with Crippen molar-refractivity contribution < 1.29 is 18.8 Å². The third kappa shape index (κ3) is 5.63. The van der Waals surface area contributed by atoms with E-state index in [0.717, 1.165) is 11.8 Å². The van der Waals surface area contributed by atoms with Crippen molar-refractivity contribution in [2.24, 2.45) is 0 Å². The Kier molecular flexibility index (Phi) is 6.18. The summed E-state index contributed by atoms with van der Waals surface area (Å²) in [5.41, 5.74) is 0.968. The van der Waals surface area contributed by atoms with Crippen LogP contribution in [0.2, 0.25) is 0 Å². The molecular formula is C14H21N2O3+. The Hall–Kier alpha value is -1.72. The summed E-state index contributed by atoms with van der Waals surface area (Å²) in [7, 11) is 3.58. The summed E-state index contributed by atoms with van der Waals surface area (Å²) >= 11 is 0. The highest BCUT2D eigenvalue weighted by molar-refractivity contribution is 5.59. The number of aldehydes is 1. The van der Waals surface area contributed by atoms with Crippen LogP contribution < -0.4 is 5.32 Å². The first-order valence-corrected chi connectivity index (χ1v) is 6.25. The van der Waals surface area contributed by atoms with Crippen LogP contribution in [0.15, 0.2) is 30.3 Å². The maximum absolute atomic E-state index is 12.0. The zero-order valence-electron chi connectivity index (χ0n) is 11.5. The Balaban J connectivity index is 2.36. The van der Waals surface area contributed by atoms with Gasteiger partial charge in [-0.25, -0.2) is 4.48 Å². The zero-order chi connectivity index (χ0) is 14.1. The molecule has 0 aromatic heterocycles. The predicted molar refractivity (Wildman–Crippen MR) is 72.5 cm³/mol. The van der Waals surface area contributed by atoms with Crippen LogP contribution in [0.25, 0.3) is 0 Å². The van der Waals surface area contributed by atoms with Crippen molar-refractivity contribution in [2.75, 3.05) is 33.7 Å². The van der Waals surface area contributed by atoms with E-state index in [1.807, 2.05) is 30.3 Å². The number of amides is 1. The molecule has 0 aliphatic rings. The number of nitrogens with zero attached hydrogens (tertiary/aromatic N) is 1. The van der Waals surface area contributed by atoms with Gasteiger partial charge < -0.3 is 14.8 Å². The Morgan fingerprint density at radius 3 is 2.63 bits per heavy atom. The fourth-order valence-corrected chi connectivity index (χ4v) is 1.50. The molecule has 0 aliphatic carbocycles. The molecule has 0 bridgehead atoms. The number of quaternary nitrogens is 1. The van der Waals surface area contributed by atoms with E-state index in [0.29, 0.717) is 19.6 Å². The van der Waals surface area contributed by atoms with Crippen molar-refractivity contribution in [2.45, 2.75) is 6.61 Å². The number of rotatable bonds is 7. The van der Waals surface area contributed by atoms with E-state index in [1.165, 1.54) is 0 Å². The van der Waals surface area contributed by atoms with Crippen LogP contribution in [-0.2, 0) is 16.1 Å². The highest BCUT2D eigenvalue weighted by Crippen LogP contribution is 2.06. The van der Waals surface area contributed by atoms with Gasteiger partial charge in [0.2, 0.25) is 0 Å². The molecule has 0 fully saturated rings. The SMILES string of the molecule is C[N+](C)(CCNCC=O)C(=O)OCc1ccccc1. The maximum Gasteiger partial charge on any atom is 0.515 e. The van der Waals surface area contributed by atoms with Crippen molar-refractivity contribution in [3.8, 4) is 0 Å². The van der Waals surface area contributed by atoms with E-state index < -0.39 is 0 Å². The minimum Gasteiger partial charge on any atom is -0.415 e. The Labute approximate surface area is 113 Å². The molecule has 5 nitrogen and oxygen atoms in total. The van der Waals surface area contributed by atoms with Crippen LogP contribution in [0.5, 0.6) is 0 Å². The molecule has 5 heteroatoms. The monoisotopic (exact) mass is 265 g/mol. The molecule has 1 N–H and O–H groups in total. The molecule has 104 valence electrons. The molecule has 0 radical (unpaired) electrons. The zero-order valence-corrected chi connectivity index (χ0v) is 11.5. The van der Waals surface area contributed by atoms with Gasteiger partial charge in [0.05, 0.1) is 20.6 Å². The van der Waals surface area contributed by atoms with Crippen molar-refractivity contribution in [3.63, 3.8) is 0 Å². The summed E-state index contributed by atoms with van der Waals surface area (Å²) in [5.74, 6) is 0. The predicted octanol–water partition coefficient (Wildman–Crippen LogP) is 1.19. The molecule has 0 atom stereocenters. The summed E-state index contributed by atoms with van der Waals surface area (Å²) in [4.78, 5) is 22.1. The number of benzene rings is 1. The number of hydrogen-bond donors (Lipinski definition) is 1. The van der Waals surface area contributed by atoms with Gasteiger partial charge >= 0.3 is 6.09 Å². The van der Waals surface area contributed by atoms with Crippen LogP contribution in [0.1, 0.15) is 5.56 Å². The molecule has 19 heavy (non-hydrogen) atoms. The first-order chi connectivity index (χ1) is 9.06. The van der Waals surface area contributed by atoms with Crippen molar-refractivity contribution >= 4 is 12.4 Å². The van der Waals surface area contributed by atoms with E-state index in [1.54, 1.807) is 14.1 Å². The maximum atomic E-state index is 12.0.